The Balaban J connectivity index is 2.03. The van der Waals surface area contributed by atoms with Crippen molar-refractivity contribution in [2.75, 3.05) is 19.8 Å². The first kappa shape index (κ1) is 11.9. The van der Waals surface area contributed by atoms with Gasteiger partial charge in [-0.05, 0) is 18.4 Å². The number of carbonyl (C=O) groups excluding carboxylic acids is 1. The maximum Gasteiger partial charge on any atom is 0.410 e. The molecule has 1 amide bonds. The zero-order chi connectivity index (χ0) is 12.1. The van der Waals surface area contributed by atoms with Crippen LogP contribution in [-0.2, 0) is 11.2 Å². The highest BCUT2D eigenvalue weighted by atomic mass is 16.6. The van der Waals surface area contributed by atoms with Crippen LogP contribution >= 0.6 is 0 Å². The smallest absolute Gasteiger partial charge is 0.410 e. The van der Waals surface area contributed by atoms with E-state index in [1.807, 2.05) is 30.3 Å². The van der Waals surface area contributed by atoms with Crippen LogP contribution in [0.1, 0.15) is 12.0 Å². The van der Waals surface area contributed by atoms with Crippen LogP contribution in [0.25, 0.3) is 0 Å². The van der Waals surface area contributed by atoms with Crippen molar-refractivity contribution in [3.63, 3.8) is 0 Å². The molecule has 1 aromatic rings. The molecule has 1 heterocycles. The fourth-order valence-corrected chi connectivity index (χ4v) is 2.06. The second-order valence-electron chi connectivity index (χ2n) is 4.19. The fraction of sp³-hybridized carbons (Fsp3) is 0.462. The topological polar surface area (TPSA) is 49.8 Å². The highest BCUT2D eigenvalue weighted by Crippen LogP contribution is 2.13. The summed E-state index contributed by atoms with van der Waals surface area (Å²) in [6.45, 7) is 1.11. The third-order valence-corrected chi connectivity index (χ3v) is 2.97. The quantitative estimate of drug-likeness (QED) is 0.859. The number of amides is 1. The Hall–Kier alpha value is -1.55. The molecule has 2 rings (SSSR count). The van der Waals surface area contributed by atoms with Crippen molar-refractivity contribution in [3.05, 3.63) is 35.9 Å². The molecule has 0 spiro atoms. The molecule has 1 aliphatic heterocycles. The minimum Gasteiger partial charge on any atom is -0.449 e. The van der Waals surface area contributed by atoms with Crippen molar-refractivity contribution < 1.29 is 14.6 Å². The highest BCUT2D eigenvalue weighted by Gasteiger charge is 2.27. The van der Waals surface area contributed by atoms with Gasteiger partial charge in [0.2, 0.25) is 0 Å². The lowest BCUT2D eigenvalue weighted by Gasteiger charge is -2.32. The van der Waals surface area contributed by atoms with Crippen molar-refractivity contribution >= 4 is 6.09 Å². The van der Waals surface area contributed by atoms with E-state index in [2.05, 4.69) is 0 Å². The van der Waals surface area contributed by atoms with Gasteiger partial charge in [-0.15, -0.1) is 0 Å². The lowest BCUT2D eigenvalue weighted by molar-refractivity contribution is 0.0406. The van der Waals surface area contributed by atoms with E-state index < -0.39 is 0 Å². The van der Waals surface area contributed by atoms with Crippen molar-refractivity contribution in [3.8, 4) is 0 Å². The van der Waals surface area contributed by atoms with Crippen LogP contribution in [0.15, 0.2) is 30.3 Å². The van der Waals surface area contributed by atoms with E-state index in [0.29, 0.717) is 19.6 Å². The maximum atomic E-state index is 11.6. The van der Waals surface area contributed by atoms with E-state index in [-0.39, 0.29) is 18.7 Å². The summed E-state index contributed by atoms with van der Waals surface area (Å²) < 4.78 is 4.99. The Labute approximate surface area is 101 Å². The number of rotatable bonds is 4. The number of hydrogen-bond donors (Lipinski definition) is 1. The van der Waals surface area contributed by atoms with Gasteiger partial charge < -0.3 is 14.7 Å². The molecule has 0 saturated carbocycles. The van der Waals surface area contributed by atoms with E-state index in [1.165, 1.54) is 0 Å². The Morgan fingerprint density at radius 1 is 1.35 bits per heavy atom. The summed E-state index contributed by atoms with van der Waals surface area (Å²) in [6, 6.07) is 9.67. The average Bonchev–Trinajstić information content (AvgIpc) is 2.38. The minimum absolute atomic E-state index is 0.0377. The molecule has 4 heteroatoms. The summed E-state index contributed by atoms with van der Waals surface area (Å²) in [5.41, 5.74) is 1.12. The van der Waals surface area contributed by atoms with Gasteiger partial charge in [0, 0.05) is 6.54 Å². The lowest BCUT2D eigenvalue weighted by atomic mass is 10.1. The van der Waals surface area contributed by atoms with E-state index >= 15 is 0 Å². The van der Waals surface area contributed by atoms with Gasteiger partial charge >= 0.3 is 6.09 Å². The molecule has 0 aliphatic carbocycles. The van der Waals surface area contributed by atoms with Crippen LogP contribution in [-0.4, -0.2) is 41.9 Å². The van der Waals surface area contributed by atoms with Crippen molar-refractivity contribution in [1.82, 2.24) is 4.90 Å². The molecule has 1 N–H and O–H groups in total. The molecule has 17 heavy (non-hydrogen) atoms. The summed E-state index contributed by atoms with van der Waals surface area (Å²) >= 11 is 0. The van der Waals surface area contributed by atoms with E-state index in [0.717, 1.165) is 12.0 Å². The summed E-state index contributed by atoms with van der Waals surface area (Å²) in [4.78, 5) is 13.2. The molecule has 0 unspecified atom stereocenters. The highest BCUT2D eigenvalue weighted by molar-refractivity contribution is 5.68. The molecule has 1 saturated heterocycles. The SMILES string of the molecule is O=C1OCCCN1[C@@H](CO)Cc1ccccc1. The number of ether oxygens (including phenoxy) is 1. The number of hydrogen-bond acceptors (Lipinski definition) is 3. The molecular weight excluding hydrogens is 218 g/mol. The van der Waals surface area contributed by atoms with Crippen LogP contribution < -0.4 is 0 Å². The van der Waals surface area contributed by atoms with Gasteiger partial charge in [0.25, 0.3) is 0 Å². The molecule has 0 aromatic heterocycles. The van der Waals surface area contributed by atoms with Crippen LogP contribution in [0.5, 0.6) is 0 Å². The summed E-state index contributed by atoms with van der Waals surface area (Å²) in [5.74, 6) is 0. The van der Waals surface area contributed by atoms with E-state index in [4.69, 9.17) is 4.74 Å². The molecule has 1 aliphatic rings. The number of cyclic esters (lactones) is 1. The molecule has 1 atom stereocenters. The van der Waals surface area contributed by atoms with E-state index in [9.17, 15) is 9.90 Å². The lowest BCUT2D eigenvalue weighted by Crippen LogP contribution is -2.47. The van der Waals surface area contributed by atoms with Crippen LogP contribution in [0.2, 0.25) is 0 Å². The van der Waals surface area contributed by atoms with Gasteiger partial charge in [-0.25, -0.2) is 4.79 Å². The zero-order valence-electron chi connectivity index (χ0n) is 9.71. The summed E-state index contributed by atoms with van der Waals surface area (Å²) in [6.07, 6.45) is 1.18. The zero-order valence-corrected chi connectivity index (χ0v) is 9.71. The van der Waals surface area contributed by atoms with Crippen LogP contribution in [0.3, 0.4) is 0 Å². The first-order chi connectivity index (χ1) is 8.31. The minimum atomic E-state index is -0.314. The summed E-state index contributed by atoms with van der Waals surface area (Å²) in [7, 11) is 0. The van der Waals surface area contributed by atoms with Crippen molar-refractivity contribution in [2.24, 2.45) is 0 Å². The number of aliphatic hydroxyl groups excluding tert-OH is 1. The fourth-order valence-electron chi connectivity index (χ4n) is 2.06. The first-order valence-electron chi connectivity index (χ1n) is 5.89. The monoisotopic (exact) mass is 235 g/mol. The standard InChI is InChI=1S/C13H17NO3/c15-10-12(9-11-5-2-1-3-6-11)14-7-4-8-17-13(14)16/h1-3,5-6,12,15H,4,7-10H2/t12-/m1/s1. The predicted octanol–water partition coefficient (Wildman–Crippen LogP) is 1.43. The Kier molecular flexibility index (Phi) is 3.98. The first-order valence-corrected chi connectivity index (χ1v) is 5.89. The normalized spacial score (nSPS) is 17.7. The van der Waals surface area contributed by atoms with Crippen LogP contribution in [0.4, 0.5) is 4.79 Å². The van der Waals surface area contributed by atoms with Gasteiger partial charge in [-0.1, -0.05) is 30.3 Å². The Morgan fingerprint density at radius 2 is 2.12 bits per heavy atom. The summed E-state index contributed by atoms with van der Waals surface area (Å²) in [5, 5.41) is 9.41. The average molecular weight is 235 g/mol. The Bertz CT molecular complexity index is 366. The van der Waals surface area contributed by atoms with Crippen molar-refractivity contribution in [1.29, 1.82) is 0 Å². The molecule has 1 aromatic carbocycles. The second-order valence-corrected chi connectivity index (χ2v) is 4.19. The van der Waals surface area contributed by atoms with Crippen LogP contribution in [0, 0.1) is 0 Å². The van der Waals surface area contributed by atoms with E-state index in [1.54, 1.807) is 4.90 Å². The van der Waals surface area contributed by atoms with Gasteiger partial charge in [-0.2, -0.15) is 0 Å². The second kappa shape index (κ2) is 5.68. The van der Waals surface area contributed by atoms with Crippen molar-refractivity contribution in [2.45, 2.75) is 18.9 Å². The molecular formula is C13H17NO3. The third kappa shape index (κ3) is 2.97. The maximum absolute atomic E-state index is 11.6. The largest absolute Gasteiger partial charge is 0.449 e. The number of nitrogens with zero attached hydrogens (tertiary/aromatic N) is 1. The molecule has 0 bridgehead atoms. The molecule has 92 valence electrons. The number of carbonyl (C=O) groups is 1. The number of benzene rings is 1. The third-order valence-electron chi connectivity index (χ3n) is 2.97. The molecule has 1 fully saturated rings. The molecule has 0 radical (unpaired) electrons. The van der Waals surface area contributed by atoms with Gasteiger partial charge in [0.15, 0.2) is 0 Å². The molecule has 4 nitrogen and oxygen atoms in total. The Morgan fingerprint density at radius 3 is 2.76 bits per heavy atom. The van der Waals surface area contributed by atoms with Gasteiger partial charge in [0.1, 0.15) is 0 Å². The van der Waals surface area contributed by atoms with Gasteiger partial charge in [-0.3, -0.25) is 0 Å². The predicted molar refractivity (Wildman–Crippen MR) is 63.7 cm³/mol. The number of aliphatic hydroxyl groups is 1. The van der Waals surface area contributed by atoms with Gasteiger partial charge in [0.05, 0.1) is 19.3 Å².